The van der Waals surface area contributed by atoms with Gasteiger partial charge in [-0.1, -0.05) is 6.92 Å². The molecule has 0 aromatic carbocycles. The quantitative estimate of drug-likeness (QED) is 0.733. The van der Waals surface area contributed by atoms with Crippen molar-refractivity contribution in [3.05, 3.63) is 31.8 Å². The van der Waals surface area contributed by atoms with E-state index in [1.807, 2.05) is 6.07 Å². The van der Waals surface area contributed by atoms with Gasteiger partial charge in [0.15, 0.2) is 0 Å². The molecule has 0 fully saturated rings. The Bertz CT molecular complexity index is 598. The van der Waals surface area contributed by atoms with E-state index in [0.29, 0.717) is 6.04 Å². The molecule has 6 heteroatoms. The summed E-state index contributed by atoms with van der Waals surface area (Å²) in [5, 5.41) is 4.47. The number of hydrogen-bond acceptors (Lipinski definition) is 4. The predicted octanol–water partition coefficient (Wildman–Crippen LogP) is 5.10. The largest absolute Gasteiger partial charge is 0.309 e. The van der Waals surface area contributed by atoms with E-state index in [4.69, 9.17) is 0 Å². The molecular weight excluding hydrogens is 402 g/mol. The first kappa shape index (κ1) is 16.1. The highest BCUT2D eigenvalue weighted by Crippen LogP contribution is 2.35. The lowest BCUT2D eigenvalue weighted by Crippen LogP contribution is -2.18. The highest BCUT2D eigenvalue weighted by molar-refractivity contribution is 9.11. The maximum Gasteiger partial charge on any atom is 0.143 e. The van der Waals surface area contributed by atoms with Crippen molar-refractivity contribution in [3.8, 4) is 10.7 Å². The Balaban J connectivity index is 2.30. The van der Waals surface area contributed by atoms with Crippen LogP contribution in [-0.2, 0) is 0 Å². The zero-order valence-electron chi connectivity index (χ0n) is 11.7. The molecule has 0 radical (unpaired) electrons. The van der Waals surface area contributed by atoms with Crippen LogP contribution in [0.15, 0.2) is 21.2 Å². The Morgan fingerprint density at radius 2 is 2.15 bits per heavy atom. The topological polar surface area (TPSA) is 37.8 Å². The van der Waals surface area contributed by atoms with Crippen molar-refractivity contribution >= 4 is 43.2 Å². The molecular formula is C14H17Br2N3S. The van der Waals surface area contributed by atoms with Crippen molar-refractivity contribution < 1.29 is 0 Å². The highest BCUT2D eigenvalue weighted by Gasteiger charge is 2.17. The third-order valence-electron chi connectivity index (χ3n) is 2.94. The molecule has 20 heavy (non-hydrogen) atoms. The van der Waals surface area contributed by atoms with E-state index in [1.165, 1.54) is 4.88 Å². The van der Waals surface area contributed by atoms with Gasteiger partial charge in [-0.05, 0) is 64.7 Å². The number of aromatic nitrogens is 2. The van der Waals surface area contributed by atoms with Crippen molar-refractivity contribution in [1.29, 1.82) is 0 Å². The second kappa shape index (κ2) is 7.11. The minimum atomic E-state index is 0.329. The normalized spacial score (nSPS) is 12.7. The van der Waals surface area contributed by atoms with Crippen molar-refractivity contribution in [2.75, 3.05) is 6.54 Å². The van der Waals surface area contributed by atoms with Crippen molar-refractivity contribution in [2.24, 2.45) is 0 Å². The van der Waals surface area contributed by atoms with Crippen LogP contribution in [0.5, 0.6) is 0 Å². The molecule has 3 nitrogen and oxygen atoms in total. The lowest BCUT2D eigenvalue weighted by molar-refractivity contribution is 0.575. The maximum atomic E-state index is 4.67. The molecule has 0 spiro atoms. The highest BCUT2D eigenvalue weighted by atomic mass is 79.9. The fraction of sp³-hybridized carbons (Fsp3) is 0.429. The average Bonchev–Trinajstić information content (AvgIpc) is 2.78. The van der Waals surface area contributed by atoms with E-state index in [2.05, 4.69) is 67.9 Å². The van der Waals surface area contributed by atoms with Crippen molar-refractivity contribution in [2.45, 2.75) is 33.2 Å². The van der Waals surface area contributed by atoms with E-state index >= 15 is 0 Å². The maximum absolute atomic E-state index is 4.67. The molecule has 2 rings (SSSR count). The molecule has 108 valence electrons. The van der Waals surface area contributed by atoms with E-state index < -0.39 is 0 Å². The fourth-order valence-electron chi connectivity index (χ4n) is 1.94. The number of hydrogen-bond donors (Lipinski definition) is 1. The zero-order valence-corrected chi connectivity index (χ0v) is 15.7. The number of rotatable bonds is 5. The van der Waals surface area contributed by atoms with Crippen LogP contribution in [0.4, 0.5) is 0 Å². The van der Waals surface area contributed by atoms with Gasteiger partial charge in [-0.3, -0.25) is 4.98 Å². The number of pyridine rings is 1. The molecule has 2 aromatic rings. The van der Waals surface area contributed by atoms with Gasteiger partial charge in [-0.25, -0.2) is 4.98 Å². The third kappa shape index (κ3) is 3.67. The molecule has 0 saturated heterocycles. The SMILES string of the molecule is CCCNC(C)c1sc(-c2ncc(Br)cc2Br)nc1C. The van der Waals surface area contributed by atoms with E-state index in [-0.39, 0.29) is 0 Å². The van der Waals surface area contributed by atoms with Crippen LogP contribution < -0.4 is 5.32 Å². The number of nitrogens with one attached hydrogen (secondary N) is 1. The fourth-order valence-corrected chi connectivity index (χ4v) is 4.35. The first-order valence-electron chi connectivity index (χ1n) is 6.55. The molecule has 1 unspecified atom stereocenters. The molecule has 2 heterocycles. The average molecular weight is 419 g/mol. The van der Waals surface area contributed by atoms with Gasteiger partial charge in [-0.2, -0.15) is 0 Å². The van der Waals surface area contributed by atoms with Crippen LogP contribution in [-0.4, -0.2) is 16.5 Å². The van der Waals surface area contributed by atoms with Crippen LogP contribution in [0.2, 0.25) is 0 Å². The number of nitrogens with zero attached hydrogens (tertiary/aromatic N) is 2. The summed E-state index contributed by atoms with van der Waals surface area (Å²) in [6.45, 7) is 7.44. The van der Waals surface area contributed by atoms with Gasteiger partial charge in [0.25, 0.3) is 0 Å². The lowest BCUT2D eigenvalue weighted by Gasteiger charge is -2.11. The summed E-state index contributed by atoms with van der Waals surface area (Å²) in [7, 11) is 0. The summed E-state index contributed by atoms with van der Waals surface area (Å²) >= 11 is 8.69. The summed E-state index contributed by atoms with van der Waals surface area (Å²) in [6.07, 6.45) is 2.93. The number of thiazole rings is 1. The van der Waals surface area contributed by atoms with Gasteiger partial charge >= 0.3 is 0 Å². The van der Waals surface area contributed by atoms with Crippen LogP contribution in [0.3, 0.4) is 0 Å². The summed E-state index contributed by atoms with van der Waals surface area (Å²) in [5.41, 5.74) is 1.98. The standard InChI is InChI=1S/C14H17Br2N3S/c1-4-5-17-8(2)13-9(3)19-14(20-13)12-11(16)6-10(15)7-18-12/h6-8,17H,4-5H2,1-3H3. The van der Waals surface area contributed by atoms with Gasteiger partial charge in [0.05, 0.1) is 5.69 Å². The second-order valence-electron chi connectivity index (χ2n) is 4.63. The molecule has 0 aliphatic rings. The van der Waals surface area contributed by atoms with Crippen molar-refractivity contribution in [1.82, 2.24) is 15.3 Å². The minimum absolute atomic E-state index is 0.329. The Hall–Kier alpha value is -0.300. The number of aryl methyl sites for hydroxylation is 1. The summed E-state index contributed by atoms with van der Waals surface area (Å²) in [5.74, 6) is 0. The third-order valence-corrected chi connectivity index (χ3v) is 5.32. The molecule has 0 bridgehead atoms. The van der Waals surface area contributed by atoms with Crippen LogP contribution in [0, 0.1) is 6.92 Å². The second-order valence-corrected chi connectivity index (χ2v) is 7.43. The Labute approximate surface area is 140 Å². The summed E-state index contributed by atoms with van der Waals surface area (Å²) in [4.78, 5) is 10.4. The smallest absolute Gasteiger partial charge is 0.143 e. The lowest BCUT2D eigenvalue weighted by atomic mass is 10.2. The molecule has 1 N–H and O–H groups in total. The van der Waals surface area contributed by atoms with Gasteiger partial charge in [0.2, 0.25) is 0 Å². The molecule has 0 amide bonds. The van der Waals surface area contributed by atoms with Crippen molar-refractivity contribution in [3.63, 3.8) is 0 Å². The zero-order chi connectivity index (χ0) is 14.7. The molecule has 1 atom stereocenters. The van der Waals surface area contributed by atoms with Crippen LogP contribution in [0.1, 0.15) is 36.9 Å². The van der Waals surface area contributed by atoms with Gasteiger partial charge < -0.3 is 5.32 Å². The summed E-state index contributed by atoms with van der Waals surface area (Å²) in [6, 6.07) is 2.33. The van der Waals surface area contributed by atoms with E-state index in [1.54, 1.807) is 17.5 Å². The monoisotopic (exact) mass is 417 g/mol. The first-order chi connectivity index (χ1) is 9.52. The Morgan fingerprint density at radius 3 is 2.80 bits per heavy atom. The van der Waals surface area contributed by atoms with E-state index in [9.17, 15) is 0 Å². The molecule has 0 saturated carbocycles. The van der Waals surface area contributed by atoms with Crippen LogP contribution in [0.25, 0.3) is 10.7 Å². The predicted molar refractivity (Wildman–Crippen MR) is 92.2 cm³/mol. The molecule has 0 aliphatic heterocycles. The molecule has 0 aliphatic carbocycles. The minimum Gasteiger partial charge on any atom is -0.309 e. The van der Waals surface area contributed by atoms with Gasteiger partial charge in [0.1, 0.15) is 10.7 Å². The first-order valence-corrected chi connectivity index (χ1v) is 8.95. The Morgan fingerprint density at radius 1 is 1.40 bits per heavy atom. The van der Waals surface area contributed by atoms with Crippen LogP contribution >= 0.6 is 43.2 Å². The number of halogens is 2. The van der Waals surface area contributed by atoms with Gasteiger partial charge in [0, 0.05) is 26.1 Å². The van der Waals surface area contributed by atoms with E-state index in [0.717, 1.165) is 38.3 Å². The molecule has 2 aromatic heterocycles. The van der Waals surface area contributed by atoms with Gasteiger partial charge in [-0.15, -0.1) is 11.3 Å². The Kier molecular flexibility index (Phi) is 5.72. The summed E-state index contributed by atoms with van der Waals surface area (Å²) < 4.78 is 1.92.